The fourth-order valence-corrected chi connectivity index (χ4v) is 2.37. The monoisotopic (exact) mass is 257 g/mol. The van der Waals surface area contributed by atoms with Gasteiger partial charge in [-0.2, -0.15) is 0 Å². The normalized spacial score (nSPS) is 18.9. The molecule has 1 aromatic carbocycles. The summed E-state index contributed by atoms with van der Waals surface area (Å²) in [6, 6.07) is 8.12. The van der Waals surface area contributed by atoms with E-state index in [1.165, 1.54) is 5.56 Å². The van der Waals surface area contributed by atoms with Crippen molar-refractivity contribution < 1.29 is 4.79 Å². The van der Waals surface area contributed by atoms with Crippen LogP contribution in [-0.4, -0.2) is 30.4 Å². The molecule has 1 unspecified atom stereocenters. The first kappa shape index (κ1) is 13.6. The number of nitrogens with two attached hydrogens (primary N) is 2. The van der Waals surface area contributed by atoms with E-state index in [-0.39, 0.29) is 11.8 Å². The molecule has 0 spiro atoms. The fraction of sp³-hybridized carbons (Fsp3) is 0.400. The largest absolute Gasteiger partial charge is 0.369 e. The molecule has 4 heteroatoms. The lowest BCUT2D eigenvalue weighted by atomic mass is 10.1. The number of primary amides is 1. The molecule has 1 aliphatic rings. The Morgan fingerprint density at radius 1 is 1.47 bits per heavy atom. The number of hydrogen-bond donors (Lipinski definition) is 2. The van der Waals surface area contributed by atoms with Crippen molar-refractivity contribution in [3.63, 3.8) is 0 Å². The van der Waals surface area contributed by atoms with Crippen LogP contribution in [0.25, 0.3) is 0 Å². The van der Waals surface area contributed by atoms with Crippen LogP contribution in [-0.2, 0) is 11.3 Å². The highest BCUT2D eigenvalue weighted by molar-refractivity contribution is 5.77. The summed E-state index contributed by atoms with van der Waals surface area (Å²) in [5.74, 6) is 5.69. The number of carbonyl (C=O) groups is 1. The van der Waals surface area contributed by atoms with Crippen LogP contribution >= 0.6 is 0 Å². The molecule has 1 fully saturated rings. The lowest BCUT2D eigenvalue weighted by Crippen LogP contribution is -2.27. The Morgan fingerprint density at radius 2 is 2.32 bits per heavy atom. The predicted molar refractivity (Wildman–Crippen MR) is 75.0 cm³/mol. The van der Waals surface area contributed by atoms with Crippen LogP contribution < -0.4 is 11.5 Å². The Bertz CT molecular complexity index is 516. The first-order valence-electron chi connectivity index (χ1n) is 6.48. The summed E-state index contributed by atoms with van der Waals surface area (Å²) in [6.45, 7) is 2.89. The molecule has 1 atom stereocenters. The highest BCUT2D eigenvalue weighted by Gasteiger charge is 2.26. The van der Waals surface area contributed by atoms with Gasteiger partial charge in [-0.3, -0.25) is 9.69 Å². The van der Waals surface area contributed by atoms with Gasteiger partial charge in [0.2, 0.25) is 5.91 Å². The summed E-state index contributed by atoms with van der Waals surface area (Å²) in [5.41, 5.74) is 12.9. The summed E-state index contributed by atoms with van der Waals surface area (Å²) in [5, 5.41) is 0. The summed E-state index contributed by atoms with van der Waals surface area (Å²) in [6.07, 6.45) is 0.863. The van der Waals surface area contributed by atoms with Gasteiger partial charge in [0, 0.05) is 18.7 Å². The molecule has 1 heterocycles. The molecule has 1 amide bonds. The van der Waals surface area contributed by atoms with Gasteiger partial charge in [-0.05, 0) is 30.7 Å². The molecule has 100 valence electrons. The van der Waals surface area contributed by atoms with E-state index in [2.05, 4.69) is 28.9 Å². The van der Waals surface area contributed by atoms with Crippen LogP contribution in [0.2, 0.25) is 0 Å². The standard InChI is InChI=1S/C15H19N3O/c16-7-2-5-12-3-1-4-13(9-12)10-18-8-6-14(11-18)15(17)19/h1,3-4,9,14H,6-8,10-11,16H2,(H2,17,19). The summed E-state index contributed by atoms with van der Waals surface area (Å²) >= 11 is 0. The van der Waals surface area contributed by atoms with Crippen molar-refractivity contribution in [1.82, 2.24) is 4.90 Å². The number of rotatable bonds is 3. The van der Waals surface area contributed by atoms with E-state index in [0.29, 0.717) is 6.54 Å². The van der Waals surface area contributed by atoms with Crippen molar-refractivity contribution in [1.29, 1.82) is 0 Å². The third kappa shape index (κ3) is 3.82. The Labute approximate surface area is 113 Å². The Balaban J connectivity index is 1.98. The molecule has 0 aromatic heterocycles. The average Bonchev–Trinajstić information content (AvgIpc) is 2.85. The van der Waals surface area contributed by atoms with Crippen molar-refractivity contribution >= 4 is 5.91 Å². The number of likely N-dealkylation sites (tertiary alicyclic amines) is 1. The Morgan fingerprint density at radius 3 is 3.00 bits per heavy atom. The molecule has 1 aliphatic heterocycles. The molecule has 0 bridgehead atoms. The fourth-order valence-electron chi connectivity index (χ4n) is 2.37. The van der Waals surface area contributed by atoms with E-state index < -0.39 is 0 Å². The maximum atomic E-state index is 11.1. The van der Waals surface area contributed by atoms with Gasteiger partial charge in [-0.25, -0.2) is 0 Å². The molecule has 4 N–H and O–H groups in total. The van der Waals surface area contributed by atoms with Crippen molar-refractivity contribution in [3.05, 3.63) is 35.4 Å². The second-order valence-corrected chi connectivity index (χ2v) is 4.83. The van der Waals surface area contributed by atoms with Gasteiger partial charge < -0.3 is 11.5 Å². The van der Waals surface area contributed by atoms with Crippen LogP contribution in [0.1, 0.15) is 17.5 Å². The highest BCUT2D eigenvalue weighted by Crippen LogP contribution is 2.18. The van der Waals surface area contributed by atoms with Gasteiger partial charge in [0.15, 0.2) is 0 Å². The van der Waals surface area contributed by atoms with E-state index in [0.717, 1.165) is 31.6 Å². The quantitative estimate of drug-likeness (QED) is 0.765. The number of hydrogen-bond acceptors (Lipinski definition) is 3. The molecular formula is C15H19N3O. The van der Waals surface area contributed by atoms with Crippen LogP contribution in [0.5, 0.6) is 0 Å². The van der Waals surface area contributed by atoms with Crippen LogP contribution in [0.3, 0.4) is 0 Å². The van der Waals surface area contributed by atoms with Gasteiger partial charge in [0.25, 0.3) is 0 Å². The molecular weight excluding hydrogens is 238 g/mol. The van der Waals surface area contributed by atoms with Crippen LogP contribution in [0, 0.1) is 17.8 Å². The second kappa shape index (κ2) is 6.37. The second-order valence-electron chi connectivity index (χ2n) is 4.83. The first-order chi connectivity index (χ1) is 9.19. The van der Waals surface area contributed by atoms with Gasteiger partial charge in [-0.1, -0.05) is 24.0 Å². The molecule has 0 radical (unpaired) electrons. The molecule has 2 rings (SSSR count). The molecule has 1 aromatic rings. The summed E-state index contributed by atoms with van der Waals surface area (Å²) in [4.78, 5) is 13.4. The Hall–Kier alpha value is -1.83. The lowest BCUT2D eigenvalue weighted by Gasteiger charge is -2.15. The zero-order valence-corrected chi connectivity index (χ0v) is 10.9. The van der Waals surface area contributed by atoms with E-state index >= 15 is 0 Å². The van der Waals surface area contributed by atoms with Gasteiger partial charge in [-0.15, -0.1) is 0 Å². The molecule has 0 aliphatic carbocycles. The van der Waals surface area contributed by atoms with Gasteiger partial charge in [0.05, 0.1) is 12.5 Å². The maximum Gasteiger partial charge on any atom is 0.221 e. The lowest BCUT2D eigenvalue weighted by molar-refractivity contribution is -0.121. The predicted octanol–water partition coefficient (Wildman–Crippen LogP) is 0.304. The molecule has 19 heavy (non-hydrogen) atoms. The molecule has 0 saturated carbocycles. The number of benzene rings is 1. The molecule has 4 nitrogen and oxygen atoms in total. The van der Waals surface area contributed by atoms with E-state index in [1.807, 2.05) is 12.1 Å². The number of nitrogens with zero attached hydrogens (tertiary/aromatic N) is 1. The van der Waals surface area contributed by atoms with E-state index in [9.17, 15) is 4.79 Å². The van der Waals surface area contributed by atoms with Crippen molar-refractivity contribution in [2.75, 3.05) is 19.6 Å². The van der Waals surface area contributed by atoms with E-state index in [1.54, 1.807) is 0 Å². The van der Waals surface area contributed by atoms with Gasteiger partial charge >= 0.3 is 0 Å². The van der Waals surface area contributed by atoms with Gasteiger partial charge in [0.1, 0.15) is 0 Å². The summed E-state index contributed by atoms with van der Waals surface area (Å²) < 4.78 is 0. The SMILES string of the molecule is NCC#Cc1cccc(CN2CCC(C(N)=O)C2)c1. The Kier molecular flexibility index (Phi) is 4.56. The zero-order valence-electron chi connectivity index (χ0n) is 10.9. The smallest absolute Gasteiger partial charge is 0.221 e. The minimum Gasteiger partial charge on any atom is -0.369 e. The highest BCUT2D eigenvalue weighted by atomic mass is 16.1. The van der Waals surface area contributed by atoms with Crippen molar-refractivity contribution in [2.45, 2.75) is 13.0 Å². The third-order valence-electron chi connectivity index (χ3n) is 3.34. The number of amides is 1. The first-order valence-corrected chi connectivity index (χ1v) is 6.48. The van der Waals surface area contributed by atoms with Crippen molar-refractivity contribution in [3.8, 4) is 11.8 Å². The third-order valence-corrected chi connectivity index (χ3v) is 3.34. The van der Waals surface area contributed by atoms with E-state index in [4.69, 9.17) is 11.5 Å². The average molecular weight is 257 g/mol. The van der Waals surface area contributed by atoms with Crippen molar-refractivity contribution in [2.24, 2.45) is 17.4 Å². The zero-order chi connectivity index (χ0) is 13.7. The summed E-state index contributed by atoms with van der Waals surface area (Å²) in [7, 11) is 0. The van der Waals surface area contributed by atoms with Crippen LogP contribution in [0.15, 0.2) is 24.3 Å². The number of carbonyl (C=O) groups excluding carboxylic acids is 1. The topological polar surface area (TPSA) is 72.3 Å². The molecule has 1 saturated heterocycles. The minimum absolute atomic E-state index is 0.000199. The maximum absolute atomic E-state index is 11.1. The minimum atomic E-state index is -0.190. The van der Waals surface area contributed by atoms with Crippen LogP contribution in [0.4, 0.5) is 0 Å².